The molecule has 154 valence electrons. The molecule has 0 bridgehead atoms. The summed E-state index contributed by atoms with van der Waals surface area (Å²) in [4.78, 5) is 11.9. The van der Waals surface area contributed by atoms with Crippen LogP contribution in [0, 0.1) is 6.92 Å². The van der Waals surface area contributed by atoms with Crippen LogP contribution in [0.2, 0.25) is 5.02 Å². The highest BCUT2D eigenvalue weighted by Gasteiger charge is 2.22. The number of thiophene rings is 1. The second-order valence-electron chi connectivity index (χ2n) is 7.46. The van der Waals surface area contributed by atoms with Crippen LogP contribution in [0.1, 0.15) is 54.3 Å². The maximum absolute atomic E-state index is 6.61. The summed E-state index contributed by atoms with van der Waals surface area (Å²) in [6.45, 7) is 2.65. The van der Waals surface area contributed by atoms with Crippen molar-refractivity contribution in [3.8, 4) is 11.5 Å². The standard InChI is InChI=1S/C22H26ClN3O2S/c1-13-19(23)18-21(24-12-14-9-10-16(27-2)17(11-14)28-3)25-20(26-22(18)29-13)15-7-5-4-6-8-15/h9-11,15H,4-8,12H2,1-3H3,(H,24,25,26). The summed E-state index contributed by atoms with van der Waals surface area (Å²) in [5, 5.41) is 5.17. The first-order valence-electron chi connectivity index (χ1n) is 10.0. The van der Waals surface area contributed by atoms with Crippen LogP contribution >= 0.6 is 22.9 Å². The second kappa shape index (κ2) is 8.76. The van der Waals surface area contributed by atoms with E-state index in [9.17, 15) is 0 Å². The molecule has 0 saturated heterocycles. The van der Waals surface area contributed by atoms with Crippen molar-refractivity contribution in [2.45, 2.75) is 51.5 Å². The topological polar surface area (TPSA) is 56.3 Å². The van der Waals surface area contributed by atoms with Crippen molar-refractivity contribution >= 4 is 39.0 Å². The lowest BCUT2D eigenvalue weighted by Gasteiger charge is -2.21. The minimum atomic E-state index is 0.441. The Morgan fingerprint density at radius 3 is 2.59 bits per heavy atom. The predicted molar refractivity (Wildman–Crippen MR) is 120 cm³/mol. The van der Waals surface area contributed by atoms with Crippen LogP contribution in [0.5, 0.6) is 11.5 Å². The predicted octanol–water partition coefficient (Wildman–Crippen LogP) is 6.33. The summed E-state index contributed by atoms with van der Waals surface area (Å²) >= 11 is 8.25. The molecular weight excluding hydrogens is 406 g/mol. The number of aryl methyl sites for hydroxylation is 1. The van der Waals surface area contributed by atoms with Crippen LogP contribution in [0.25, 0.3) is 10.2 Å². The number of hydrogen-bond donors (Lipinski definition) is 1. The van der Waals surface area contributed by atoms with Crippen molar-refractivity contribution in [3.63, 3.8) is 0 Å². The third-order valence-corrected chi connectivity index (χ3v) is 7.13. The Hall–Kier alpha value is -2.05. The van der Waals surface area contributed by atoms with E-state index in [0.717, 1.165) is 43.1 Å². The zero-order chi connectivity index (χ0) is 20.4. The molecule has 1 saturated carbocycles. The zero-order valence-corrected chi connectivity index (χ0v) is 18.6. The van der Waals surface area contributed by atoms with E-state index in [2.05, 4.69) is 5.32 Å². The monoisotopic (exact) mass is 431 g/mol. The number of halogens is 1. The first-order valence-corrected chi connectivity index (χ1v) is 11.2. The summed E-state index contributed by atoms with van der Waals surface area (Å²) in [6, 6.07) is 5.92. The highest BCUT2D eigenvalue weighted by Crippen LogP contribution is 2.40. The quantitative estimate of drug-likeness (QED) is 0.494. The van der Waals surface area contributed by atoms with E-state index in [1.165, 1.54) is 32.1 Å². The van der Waals surface area contributed by atoms with Crippen molar-refractivity contribution in [3.05, 3.63) is 39.5 Å². The molecule has 0 spiro atoms. The van der Waals surface area contributed by atoms with Gasteiger partial charge in [0.1, 0.15) is 16.5 Å². The van der Waals surface area contributed by atoms with Gasteiger partial charge in [-0.25, -0.2) is 9.97 Å². The molecule has 5 nitrogen and oxygen atoms in total. The van der Waals surface area contributed by atoms with Gasteiger partial charge in [-0.3, -0.25) is 0 Å². The Balaban J connectivity index is 1.66. The van der Waals surface area contributed by atoms with Gasteiger partial charge in [-0.05, 0) is 37.5 Å². The molecule has 1 aromatic carbocycles. The van der Waals surface area contributed by atoms with E-state index >= 15 is 0 Å². The fourth-order valence-corrected chi connectivity index (χ4v) is 5.21. The molecule has 1 N–H and O–H groups in total. The summed E-state index contributed by atoms with van der Waals surface area (Å²) in [7, 11) is 3.29. The fraction of sp³-hybridized carbons (Fsp3) is 0.455. The van der Waals surface area contributed by atoms with E-state index in [0.29, 0.717) is 18.2 Å². The average molecular weight is 432 g/mol. The number of anilines is 1. The molecule has 0 radical (unpaired) electrons. The molecule has 1 fully saturated rings. The molecule has 1 aliphatic rings. The molecule has 0 aliphatic heterocycles. The molecule has 29 heavy (non-hydrogen) atoms. The zero-order valence-electron chi connectivity index (χ0n) is 17.0. The molecule has 3 aromatic rings. The molecular formula is C22H26ClN3O2S. The molecule has 7 heteroatoms. The van der Waals surface area contributed by atoms with Crippen molar-refractivity contribution in [2.24, 2.45) is 0 Å². The van der Waals surface area contributed by atoms with Crippen molar-refractivity contribution in [1.82, 2.24) is 9.97 Å². The largest absolute Gasteiger partial charge is 0.493 e. The minimum absolute atomic E-state index is 0.441. The molecule has 1 aliphatic carbocycles. The first-order chi connectivity index (χ1) is 14.1. The number of nitrogens with zero attached hydrogens (tertiary/aromatic N) is 2. The van der Waals surface area contributed by atoms with Crippen LogP contribution in [0.15, 0.2) is 18.2 Å². The van der Waals surface area contributed by atoms with Crippen LogP contribution < -0.4 is 14.8 Å². The lowest BCUT2D eigenvalue weighted by atomic mass is 9.88. The van der Waals surface area contributed by atoms with Crippen molar-refractivity contribution in [2.75, 3.05) is 19.5 Å². The SMILES string of the molecule is COc1ccc(CNc2nc(C3CCCCC3)nc3sc(C)c(Cl)c23)cc1OC. The van der Waals surface area contributed by atoms with Gasteiger partial charge < -0.3 is 14.8 Å². The summed E-state index contributed by atoms with van der Waals surface area (Å²) < 4.78 is 10.8. The normalized spacial score (nSPS) is 14.9. The Bertz CT molecular complexity index is 1010. The molecule has 2 heterocycles. The van der Waals surface area contributed by atoms with Crippen LogP contribution in [0.4, 0.5) is 5.82 Å². The van der Waals surface area contributed by atoms with Gasteiger partial charge in [-0.2, -0.15) is 0 Å². The summed E-state index contributed by atoms with van der Waals surface area (Å²) in [5.74, 6) is 3.64. The number of methoxy groups -OCH3 is 2. The maximum Gasteiger partial charge on any atom is 0.161 e. The Labute approximate surface area is 180 Å². The van der Waals surface area contributed by atoms with Crippen LogP contribution in [0.3, 0.4) is 0 Å². The smallest absolute Gasteiger partial charge is 0.161 e. The minimum Gasteiger partial charge on any atom is -0.493 e. The van der Waals surface area contributed by atoms with E-state index < -0.39 is 0 Å². The Kier molecular flexibility index (Phi) is 6.11. The number of fused-ring (bicyclic) bond motifs is 1. The van der Waals surface area contributed by atoms with Gasteiger partial charge in [-0.15, -0.1) is 11.3 Å². The highest BCUT2D eigenvalue weighted by atomic mass is 35.5. The third-order valence-electron chi connectivity index (χ3n) is 5.55. The first kappa shape index (κ1) is 20.2. The van der Waals surface area contributed by atoms with Crippen molar-refractivity contribution < 1.29 is 9.47 Å². The van der Waals surface area contributed by atoms with Gasteiger partial charge in [0.2, 0.25) is 0 Å². The van der Waals surface area contributed by atoms with Gasteiger partial charge >= 0.3 is 0 Å². The number of hydrogen-bond acceptors (Lipinski definition) is 6. The number of benzene rings is 1. The third kappa shape index (κ3) is 4.14. The molecule has 0 unspecified atom stereocenters. The second-order valence-corrected chi connectivity index (χ2v) is 9.04. The van der Waals surface area contributed by atoms with E-state index in [1.54, 1.807) is 25.6 Å². The van der Waals surface area contributed by atoms with Gasteiger partial charge in [0.05, 0.1) is 24.6 Å². The number of rotatable bonds is 6. The van der Waals surface area contributed by atoms with Crippen LogP contribution in [-0.2, 0) is 6.54 Å². The number of aromatic nitrogens is 2. The van der Waals surface area contributed by atoms with Gasteiger partial charge in [0.25, 0.3) is 0 Å². The Morgan fingerprint density at radius 2 is 1.86 bits per heavy atom. The fourth-order valence-electron chi connectivity index (χ4n) is 3.94. The lowest BCUT2D eigenvalue weighted by molar-refractivity contribution is 0.354. The molecule has 0 atom stereocenters. The van der Waals surface area contributed by atoms with Crippen LogP contribution in [-0.4, -0.2) is 24.2 Å². The summed E-state index contributed by atoms with van der Waals surface area (Å²) in [5.41, 5.74) is 1.08. The van der Waals surface area contributed by atoms with E-state index in [4.69, 9.17) is 31.0 Å². The van der Waals surface area contributed by atoms with Gasteiger partial charge in [0.15, 0.2) is 11.5 Å². The number of nitrogens with one attached hydrogen (secondary N) is 1. The van der Waals surface area contributed by atoms with E-state index in [-0.39, 0.29) is 0 Å². The average Bonchev–Trinajstić information content (AvgIpc) is 3.06. The molecule has 2 aromatic heterocycles. The van der Waals surface area contributed by atoms with Gasteiger partial charge in [-0.1, -0.05) is 36.9 Å². The van der Waals surface area contributed by atoms with Crippen molar-refractivity contribution in [1.29, 1.82) is 0 Å². The lowest BCUT2D eigenvalue weighted by Crippen LogP contribution is -2.11. The highest BCUT2D eigenvalue weighted by molar-refractivity contribution is 7.19. The number of ether oxygens (including phenoxy) is 2. The molecule has 4 rings (SSSR count). The Morgan fingerprint density at radius 1 is 1.10 bits per heavy atom. The molecule has 0 amide bonds. The van der Waals surface area contributed by atoms with Gasteiger partial charge in [0, 0.05) is 17.3 Å². The van der Waals surface area contributed by atoms with E-state index in [1.807, 2.05) is 25.1 Å². The maximum atomic E-state index is 6.61. The summed E-state index contributed by atoms with van der Waals surface area (Å²) in [6.07, 6.45) is 6.15.